The van der Waals surface area contributed by atoms with Gasteiger partial charge in [-0.15, -0.1) is 0 Å². The summed E-state index contributed by atoms with van der Waals surface area (Å²) in [6.07, 6.45) is 0. The minimum Gasteiger partial charge on any atom is -0.462 e. The van der Waals surface area contributed by atoms with Crippen LogP contribution in [-0.2, 0) is 4.74 Å². The van der Waals surface area contributed by atoms with Crippen LogP contribution >= 0.6 is 11.6 Å². The van der Waals surface area contributed by atoms with E-state index >= 15 is 0 Å². The Hall–Kier alpha value is -3.39. The number of esters is 2. The van der Waals surface area contributed by atoms with Gasteiger partial charge in [-0.05, 0) is 44.2 Å². The topological polar surface area (TPSA) is 109 Å². The van der Waals surface area contributed by atoms with E-state index in [0.717, 1.165) is 6.07 Å². The fraction of sp³-hybridized carbons (Fsp3) is 0.158. The van der Waals surface area contributed by atoms with Gasteiger partial charge in [0.15, 0.2) is 0 Å². The van der Waals surface area contributed by atoms with Crippen LogP contribution in [0.15, 0.2) is 40.8 Å². The molecule has 0 aliphatic carbocycles. The largest absolute Gasteiger partial charge is 0.462 e. The molecule has 0 radical (unpaired) electrons. The molecule has 0 aliphatic rings. The molecule has 2 aromatic carbocycles. The number of ether oxygens (including phenoxy) is 2. The maximum Gasteiger partial charge on any atom is 0.343 e. The number of halogens is 1. The average molecular weight is 404 g/mol. The summed E-state index contributed by atoms with van der Waals surface area (Å²) in [4.78, 5) is 34.8. The van der Waals surface area contributed by atoms with Crippen molar-refractivity contribution in [3.05, 3.63) is 68.4 Å². The third kappa shape index (κ3) is 3.67. The number of nitro benzene ring substituents is 1. The maximum atomic E-state index is 12.4. The highest BCUT2D eigenvalue weighted by atomic mass is 35.5. The summed E-state index contributed by atoms with van der Waals surface area (Å²) >= 11 is 5.75. The molecule has 0 fully saturated rings. The number of hydrogen-bond donors (Lipinski definition) is 0. The highest BCUT2D eigenvalue weighted by molar-refractivity contribution is 6.32. The van der Waals surface area contributed by atoms with Gasteiger partial charge in [-0.3, -0.25) is 10.1 Å². The molecule has 3 aromatic rings. The zero-order valence-corrected chi connectivity index (χ0v) is 15.6. The van der Waals surface area contributed by atoms with Gasteiger partial charge in [-0.2, -0.15) is 0 Å². The second-order valence-electron chi connectivity index (χ2n) is 5.72. The molecule has 28 heavy (non-hydrogen) atoms. The minimum absolute atomic E-state index is 0.0369. The number of rotatable bonds is 5. The molecule has 1 aromatic heterocycles. The lowest BCUT2D eigenvalue weighted by Crippen LogP contribution is -2.09. The van der Waals surface area contributed by atoms with Crippen molar-refractivity contribution in [1.29, 1.82) is 0 Å². The SMILES string of the molecule is CCOC(=O)c1c(C)oc2ccc(OC(=O)c3ccc(Cl)c([N+](=O)[O-])c3)cc12. The van der Waals surface area contributed by atoms with Crippen LogP contribution in [0.3, 0.4) is 0 Å². The van der Waals surface area contributed by atoms with Crippen molar-refractivity contribution in [2.75, 3.05) is 6.61 Å². The molecule has 9 heteroatoms. The minimum atomic E-state index is -0.808. The molecular formula is C19H14ClNO7. The second-order valence-corrected chi connectivity index (χ2v) is 6.13. The maximum absolute atomic E-state index is 12.4. The number of fused-ring (bicyclic) bond motifs is 1. The van der Waals surface area contributed by atoms with Gasteiger partial charge in [-0.1, -0.05) is 11.6 Å². The van der Waals surface area contributed by atoms with Crippen LogP contribution < -0.4 is 4.74 Å². The molecule has 0 aliphatic heterocycles. The molecule has 0 amide bonds. The van der Waals surface area contributed by atoms with E-state index in [-0.39, 0.29) is 28.5 Å². The standard InChI is InChI=1S/C19H14ClNO7/c1-3-26-19(23)17-10(2)27-16-7-5-12(9-13(16)17)28-18(22)11-4-6-14(20)15(8-11)21(24)25/h4-9H,3H2,1-2H3. The van der Waals surface area contributed by atoms with Crippen molar-refractivity contribution >= 4 is 40.2 Å². The Morgan fingerprint density at radius 1 is 1.18 bits per heavy atom. The summed E-state index contributed by atoms with van der Waals surface area (Å²) in [5.74, 6) is -0.834. The fourth-order valence-electron chi connectivity index (χ4n) is 2.67. The Morgan fingerprint density at radius 3 is 2.61 bits per heavy atom. The van der Waals surface area contributed by atoms with Crippen LogP contribution in [0.1, 0.15) is 33.4 Å². The molecule has 0 saturated heterocycles. The Balaban J connectivity index is 1.93. The van der Waals surface area contributed by atoms with E-state index in [1.165, 1.54) is 24.3 Å². The van der Waals surface area contributed by atoms with Crippen LogP contribution in [0, 0.1) is 17.0 Å². The summed E-state index contributed by atoms with van der Waals surface area (Å²) in [7, 11) is 0. The summed E-state index contributed by atoms with van der Waals surface area (Å²) in [6, 6.07) is 8.12. The number of aryl methyl sites for hydroxylation is 1. The number of nitro groups is 1. The quantitative estimate of drug-likeness (QED) is 0.263. The van der Waals surface area contributed by atoms with Crippen molar-refractivity contribution in [2.24, 2.45) is 0 Å². The second kappa shape index (κ2) is 7.69. The van der Waals surface area contributed by atoms with Gasteiger partial charge >= 0.3 is 11.9 Å². The summed E-state index contributed by atoms with van der Waals surface area (Å²) in [5.41, 5.74) is 0.242. The first-order chi connectivity index (χ1) is 13.3. The van der Waals surface area contributed by atoms with Gasteiger partial charge < -0.3 is 13.9 Å². The van der Waals surface area contributed by atoms with E-state index in [9.17, 15) is 19.7 Å². The Morgan fingerprint density at radius 2 is 1.93 bits per heavy atom. The lowest BCUT2D eigenvalue weighted by atomic mass is 10.1. The zero-order chi connectivity index (χ0) is 20.4. The van der Waals surface area contributed by atoms with E-state index in [2.05, 4.69) is 0 Å². The molecule has 144 valence electrons. The van der Waals surface area contributed by atoms with E-state index in [1.54, 1.807) is 19.9 Å². The molecule has 0 bridgehead atoms. The van der Waals surface area contributed by atoms with Gasteiger partial charge in [0.25, 0.3) is 5.69 Å². The first kappa shape index (κ1) is 19.4. The van der Waals surface area contributed by atoms with E-state index < -0.39 is 22.5 Å². The van der Waals surface area contributed by atoms with Crippen molar-refractivity contribution in [3.63, 3.8) is 0 Å². The summed E-state index contributed by atoms with van der Waals surface area (Å²) in [6.45, 7) is 3.52. The molecule has 0 spiro atoms. The molecule has 3 rings (SSSR count). The predicted octanol–water partition coefficient (Wildman–Crippen LogP) is 4.70. The number of nitrogens with zero attached hydrogens (tertiary/aromatic N) is 1. The van der Waals surface area contributed by atoms with Crippen molar-refractivity contribution < 1.29 is 28.4 Å². The molecule has 0 saturated carbocycles. The molecule has 1 heterocycles. The van der Waals surface area contributed by atoms with Gasteiger partial charge in [0.1, 0.15) is 27.7 Å². The van der Waals surface area contributed by atoms with Crippen molar-refractivity contribution in [3.8, 4) is 5.75 Å². The van der Waals surface area contributed by atoms with Gasteiger partial charge in [0, 0.05) is 11.5 Å². The number of hydrogen-bond acceptors (Lipinski definition) is 7. The third-order valence-corrected chi connectivity index (χ3v) is 4.22. The number of benzene rings is 2. The molecular weight excluding hydrogens is 390 g/mol. The highest BCUT2D eigenvalue weighted by Gasteiger charge is 2.21. The monoisotopic (exact) mass is 403 g/mol. The van der Waals surface area contributed by atoms with Gasteiger partial charge in [0.2, 0.25) is 0 Å². The highest BCUT2D eigenvalue weighted by Crippen LogP contribution is 2.30. The van der Waals surface area contributed by atoms with Crippen LogP contribution in [0.2, 0.25) is 5.02 Å². The fourth-order valence-corrected chi connectivity index (χ4v) is 2.85. The van der Waals surface area contributed by atoms with Crippen LogP contribution in [0.25, 0.3) is 11.0 Å². The first-order valence-electron chi connectivity index (χ1n) is 8.18. The lowest BCUT2D eigenvalue weighted by Gasteiger charge is -2.05. The Labute approximate surface area is 163 Å². The smallest absolute Gasteiger partial charge is 0.343 e. The number of carbonyl (C=O) groups is 2. The molecule has 0 atom stereocenters. The van der Waals surface area contributed by atoms with Crippen LogP contribution in [-0.4, -0.2) is 23.5 Å². The van der Waals surface area contributed by atoms with Crippen molar-refractivity contribution in [1.82, 2.24) is 0 Å². The molecule has 0 N–H and O–H groups in total. The number of carbonyl (C=O) groups excluding carboxylic acids is 2. The predicted molar refractivity (Wildman–Crippen MR) is 100.0 cm³/mol. The van der Waals surface area contributed by atoms with Crippen LogP contribution in [0.5, 0.6) is 5.75 Å². The summed E-state index contributed by atoms with van der Waals surface area (Å²) < 4.78 is 15.9. The van der Waals surface area contributed by atoms with E-state index in [4.69, 9.17) is 25.5 Å². The molecule has 8 nitrogen and oxygen atoms in total. The third-order valence-electron chi connectivity index (χ3n) is 3.90. The van der Waals surface area contributed by atoms with Gasteiger partial charge in [0.05, 0.1) is 17.1 Å². The Kier molecular flexibility index (Phi) is 5.32. The number of furan rings is 1. The average Bonchev–Trinajstić information content (AvgIpc) is 2.97. The van der Waals surface area contributed by atoms with Crippen LogP contribution in [0.4, 0.5) is 5.69 Å². The van der Waals surface area contributed by atoms with E-state index in [0.29, 0.717) is 16.7 Å². The van der Waals surface area contributed by atoms with E-state index in [1.807, 2.05) is 0 Å². The summed E-state index contributed by atoms with van der Waals surface area (Å²) in [5, 5.41) is 11.3. The van der Waals surface area contributed by atoms with Gasteiger partial charge in [-0.25, -0.2) is 9.59 Å². The zero-order valence-electron chi connectivity index (χ0n) is 14.9. The van der Waals surface area contributed by atoms with Crippen molar-refractivity contribution in [2.45, 2.75) is 13.8 Å². The lowest BCUT2D eigenvalue weighted by molar-refractivity contribution is -0.384. The molecule has 0 unspecified atom stereocenters. The Bertz CT molecular complexity index is 1100. The first-order valence-corrected chi connectivity index (χ1v) is 8.56. The normalized spacial score (nSPS) is 10.7.